The Balaban J connectivity index is 1.43. The summed E-state index contributed by atoms with van der Waals surface area (Å²) in [4.78, 5) is 40.6. The summed E-state index contributed by atoms with van der Waals surface area (Å²) < 4.78 is 7.88. The minimum Gasteiger partial charge on any atom is -0.388 e. The Kier molecular flexibility index (Phi) is 6.46. The lowest BCUT2D eigenvalue weighted by Crippen LogP contribution is -2.29. The number of nitrogens with one attached hydrogen (secondary N) is 1. The van der Waals surface area contributed by atoms with Crippen molar-refractivity contribution in [1.82, 2.24) is 19.5 Å². The third-order valence-electron chi connectivity index (χ3n) is 6.75. The third kappa shape index (κ3) is 4.82. The van der Waals surface area contributed by atoms with E-state index in [1.54, 1.807) is 6.33 Å². The lowest BCUT2D eigenvalue weighted by atomic mass is 9.87. The number of carbonyl (C=O) groups is 2. The van der Waals surface area contributed by atoms with Crippen LogP contribution in [0, 0.1) is 0 Å². The normalized spacial score (nSPS) is 14.4. The highest BCUT2D eigenvalue weighted by Crippen LogP contribution is 2.36. The second kappa shape index (κ2) is 10.4. The summed E-state index contributed by atoms with van der Waals surface area (Å²) in [6.07, 6.45) is 3.98. The number of hydrogen-bond donors (Lipinski definition) is 1. The molecular formula is C30H26N6O3. The molecule has 9 heteroatoms. The summed E-state index contributed by atoms with van der Waals surface area (Å²) in [6, 6.07) is 26.8. The predicted octanol–water partition coefficient (Wildman–Crippen LogP) is 6.05. The second-order valence-corrected chi connectivity index (χ2v) is 9.34. The number of amides is 2. The first kappa shape index (κ1) is 24.3. The number of para-hydroxylation sites is 2. The number of aryl methyl sites for hydroxylation is 1. The number of benzene rings is 3. The number of nitrogens with zero attached hydrogens (tertiary/aromatic N) is 5. The van der Waals surface area contributed by atoms with E-state index in [9.17, 15) is 9.59 Å². The zero-order valence-corrected chi connectivity index (χ0v) is 21.3. The van der Waals surface area contributed by atoms with Crippen molar-refractivity contribution in [2.45, 2.75) is 32.2 Å². The number of rotatable bonds is 5. The van der Waals surface area contributed by atoms with E-state index >= 15 is 0 Å². The van der Waals surface area contributed by atoms with Crippen LogP contribution in [-0.4, -0.2) is 31.5 Å². The van der Waals surface area contributed by atoms with Crippen molar-refractivity contribution < 1.29 is 14.3 Å². The van der Waals surface area contributed by atoms with E-state index < -0.39 is 6.09 Å². The van der Waals surface area contributed by atoms with Gasteiger partial charge in [-0.15, -0.1) is 0 Å². The van der Waals surface area contributed by atoms with Gasteiger partial charge in [-0.2, -0.15) is 9.97 Å². The van der Waals surface area contributed by atoms with E-state index in [4.69, 9.17) is 4.74 Å². The molecule has 1 aliphatic rings. The molecule has 39 heavy (non-hydrogen) atoms. The van der Waals surface area contributed by atoms with Crippen LogP contribution in [0.1, 0.15) is 36.9 Å². The van der Waals surface area contributed by atoms with E-state index in [-0.39, 0.29) is 23.8 Å². The van der Waals surface area contributed by atoms with E-state index in [1.165, 1.54) is 23.0 Å². The summed E-state index contributed by atoms with van der Waals surface area (Å²) in [6.45, 7) is 1.38. The van der Waals surface area contributed by atoms with Gasteiger partial charge in [-0.05, 0) is 54.7 Å². The number of fused-ring (bicyclic) bond motifs is 2. The minimum absolute atomic E-state index is 0.00807. The van der Waals surface area contributed by atoms with Crippen molar-refractivity contribution >= 4 is 40.5 Å². The van der Waals surface area contributed by atoms with Gasteiger partial charge in [-0.3, -0.25) is 10.1 Å². The van der Waals surface area contributed by atoms with Crippen LogP contribution in [0.15, 0.2) is 91.3 Å². The van der Waals surface area contributed by atoms with Gasteiger partial charge in [0.25, 0.3) is 5.88 Å². The van der Waals surface area contributed by atoms with Gasteiger partial charge in [0.15, 0.2) is 11.2 Å². The number of hydrogen-bond acceptors (Lipinski definition) is 6. The SMILES string of the molecule is CC(=O)Nc1nc(OC(=O)N(c2ccccc2)c2ccccc2)c2ncn(C3CCCc4ccccc43)c2n1. The fourth-order valence-corrected chi connectivity index (χ4v) is 5.06. The molecular weight excluding hydrogens is 492 g/mol. The quantitative estimate of drug-likeness (QED) is 0.304. The van der Waals surface area contributed by atoms with Gasteiger partial charge >= 0.3 is 6.09 Å². The molecule has 0 fully saturated rings. The largest absolute Gasteiger partial charge is 0.425 e. The van der Waals surface area contributed by atoms with E-state index in [0.717, 1.165) is 19.3 Å². The van der Waals surface area contributed by atoms with Crippen molar-refractivity contribution in [2.24, 2.45) is 0 Å². The van der Waals surface area contributed by atoms with Crippen LogP contribution >= 0.6 is 0 Å². The smallest absolute Gasteiger partial charge is 0.388 e. The van der Waals surface area contributed by atoms with Gasteiger partial charge in [0, 0.05) is 6.92 Å². The zero-order valence-electron chi connectivity index (χ0n) is 21.3. The molecule has 2 aromatic heterocycles. The van der Waals surface area contributed by atoms with Crippen LogP contribution in [0.3, 0.4) is 0 Å². The maximum absolute atomic E-state index is 13.7. The Morgan fingerprint density at radius 2 is 1.59 bits per heavy atom. The number of carbonyl (C=O) groups excluding carboxylic acids is 2. The van der Waals surface area contributed by atoms with Gasteiger partial charge in [0.2, 0.25) is 11.9 Å². The molecule has 5 aromatic rings. The fraction of sp³-hybridized carbons (Fsp3) is 0.167. The monoisotopic (exact) mass is 518 g/mol. The lowest BCUT2D eigenvalue weighted by Gasteiger charge is -2.26. The van der Waals surface area contributed by atoms with Crippen LogP contribution in [0.2, 0.25) is 0 Å². The molecule has 1 unspecified atom stereocenters. The van der Waals surface area contributed by atoms with Crippen LogP contribution in [-0.2, 0) is 11.2 Å². The Morgan fingerprint density at radius 1 is 0.923 bits per heavy atom. The van der Waals surface area contributed by atoms with Crippen molar-refractivity contribution in [3.63, 3.8) is 0 Å². The molecule has 1 aliphatic carbocycles. The highest BCUT2D eigenvalue weighted by Gasteiger charge is 2.27. The Hall–Kier alpha value is -5.05. The van der Waals surface area contributed by atoms with E-state index in [1.807, 2.05) is 77.4 Å². The van der Waals surface area contributed by atoms with Gasteiger partial charge in [-0.1, -0.05) is 60.7 Å². The Bertz CT molecular complexity index is 1610. The molecule has 2 amide bonds. The number of aromatic nitrogens is 4. The standard InChI is InChI=1S/C30H26N6O3/c1-20(37)32-29-33-27-26(31-19-35(27)25-18-10-12-21-11-8-9-17-24(21)25)28(34-29)39-30(38)36(22-13-4-2-5-14-22)23-15-6-3-7-16-23/h2-9,11,13-17,19,25H,10,12,18H2,1H3,(H,32,33,34,37). The summed E-state index contributed by atoms with van der Waals surface area (Å²) in [7, 11) is 0. The second-order valence-electron chi connectivity index (χ2n) is 9.34. The van der Waals surface area contributed by atoms with Crippen LogP contribution in [0.4, 0.5) is 22.1 Å². The number of anilines is 3. The molecule has 0 radical (unpaired) electrons. The number of imidazole rings is 1. The third-order valence-corrected chi connectivity index (χ3v) is 6.75. The first-order chi connectivity index (χ1) is 19.1. The van der Waals surface area contributed by atoms with Gasteiger partial charge in [-0.25, -0.2) is 14.7 Å². The Morgan fingerprint density at radius 3 is 2.28 bits per heavy atom. The van der Waals surface area contributed by atoms with Crippen molar-refractivity contribution in [3.05, 3.63) is 102 Å². The maximum atomic E-state index is 13.7. The summed E-state index contributed by atoms with van der Waals surface area (Å²) in [5.41, 5.74) is 4.57. The van der Waals surface area contributed by atoms with Crippen LogP contribution in [0.25, 0.3) is 11.2 Å². The molecule has 1 N–H and O–H groups in total. The van der Waals surface area contributed by atoms with E-state index in [0.29, 0.717) is 22.5 Å². The molecule has 194 valence electrons. The summed E-state index contributed by atoms with van der Waals surface area (Å²) in [5, 5.41) is 2.64. The van der Waals surface area contributed by atoms with Crippen molar-refractivity contribution in [2.75, 3.05) is 10.2 Å². The van der Waals surface area contributed by atoms with Crippen LogP contribution in [0.5, 0.6) is 5.88 Å². The molecule has 0 spiro atoms. The van der Waals surface area contributed by atoms with Crippen LogP contribution < -0.4 is 15.0 Å². The maximum Gasteiger partial charge on any atom is 0.425 e. The summed E-state index contributed by atoms with van der Waals surface area (Å²) >= 11 is 0. The van der Waals surface area contributed by atoms with Gasteiger partial charge in [0.1, 0.15) is 0 Å². The number of ether oxygens (including phenoxy) is 1. The molecule has 1 atom stereocenters. The molecule has 6 rings (SSSR count). The molecule has 0 saturated carbocycles. The lowest BCUT2D eigenvalue weighted by molar-refractivity contribution is -0.114. The highest BCUT2D eigenvalue weighted by atomic mass is 16.6. The fourth-order valence-electron chi connectivity index (χ4n) is 5.06. The molecule has 9 nitrogen and oxygen atoms in total. The molecule has 0 aliphatic heterocycles. The highest BCUT2D eigenvalue weighted by molar-refractivity contribution is 5.98. The van der Waals surface area contributed by atoms with E-state index in [2.05, 4.69) is 32.4 Å². The molecule has 0 saturated heterocycles. The van der Waals surface area contributed by atoms with Crippen molar-refractivity contribution in [1.29, 1.82) is 0 Å². The molecule has 2 heterocycles. The molecule has 0 bridgehead atoms. The average molecular weight is 519 g/mol. The predicted molar refractivity (Wildman–Crippen MR) is 148 cm³/mol. The average Bonchev–Trinajstić information content (AvgIpc) is 3.38. The Labute approximate surface area is 225 Å². The zero-order chi connectivity index (χ0) is 26.8. The van der Waals surface area contributed by atoms with Gasteiger partial charge < -0.3 is 9.30 Å². The van der Waals surface area contributed by atoms with Gasteiger partial charge in [0.05, 0.1) is 23.7 Å². The first-order valence-electron chi connectivity index (χ1n) is 12.8. The van der Waals surface area contributed by atoms with Crippen molar-refractivity contribution in [3.8, 4) is 5.88 Å². The minimum atomic E-state index is -0.668. The molecule has 3 aromatic carbocycles. The first-order valence-corrected chi connectivity index (χ1v) is 12.8. The topological polar surface area (TPSA) is 102 Å². The summed E-state index contributed by atoms with van der Waals surface area (Å²) in [5.74, 6) is -0.334.